The van der Waals surface area contributed by atoms with Gasteiger partial charge < -0.3 is 15.2 Å². The molecule has 0 bridgehead atoms. The van der Waals surface area contributed by atoms with Gasteiger partial charge in [0.25, 0.3) is 0 Å². The number of aromatic nitrogens is 3. The maximum absolute atomic E-state index is 14.1. The van der Waals surface area contributed by atoms with Crippen molar-refractivity contribution in [3.05, 3.63) is 107 Å². The lowest BCUT2D eigenvalue weighted by molar-refractivity contribution is -0.145. The Bertz CT molecular complexity index is 1730. The number of imidazole rings is 1. The van der Waals surface area contributed by atoms with Crippen LogP contribution in [0.1, 0.15) is 37.2 Å². The van der Waals surface area contributed by atoms with E-state index in [1.54, 1.807) is 26.0 Å². The summed E-state index contributed by atoms with van der Waals surface area (Å²) >= 11 is 0. The number of allylic oxidation sites excluding steroid dienone is 1. The Morgan fingerprint density at radius 2 is 1.83 bits per heavy atom. The van der Waals surface area contributed by atoms with Gasteiger partial charge in [0.1, 0.15) is 5.52 Å². The van der Waals surface area contributed by atoms with Crippen molar-refractivity contribution >= 4 is 28.7 Å². The minimum absolute atomic E-state index is 0.0290. The van der Waals surface area contributed by atoms with Gasteiger partial charge in [0.15, 0.2) is 0 Å². The molecule has 0 amide bonds. The number of ether oxygens (including phenoxy) is 1. The molecule has 0 spiro atoms. The van der Waals surface area contributed by atoms with Crippen LogP contribution >= 0.6 is 0 Å². The van der Waals surface area contributed by atoms with Crippen molar-refractivity contribution in [2.45, 2.75) is 32.9 Å². The second-order valence-corrected chi connectivity index (χ2v) is 9.74. The van der Waals surface area contributed by atoms with Crippen molar-refractivity contribution in [1.29, 1.82) is 0 Å². The maximum atomic E-state index is 14.1. The number of hydrogen-bond donors (Lipinski definition) is 2. The lowest BCUT2D eigenvalue weighted by Gasteiger charge is -2.31. The number of esters is 1. The van der Waals surface area contributed by atoms with Gasteiger partial charge in [-0.05, 0) is 50.5 Å². The Labute approximate surface area is 239 Å². The molecule has 42 heavy (non-hydrogen) atoms. The van der Waals surface area contributed by atoms with E-state index in [0.717, 1.165) is 10.1 Å². The molecule has 1 aliphatic rings. The molecule has 0 saturated carbocycles. The third-order valence-electron chi connectivity index (χ3n) is 7.08. The molecule has 8 nitrogen and oxygen atoms in total. The van der Waals surface area contributed by atoms with Gasteiger partial charge in [0.05, 0.1) is 35.2 Å². The number of carboxylic acids is 1. The summed E-state index contributed by atoms with van der Waals surface area (Å²) in [7, 11) is 0. The highest BCUT2D eigenvalue weighted by Gasteiger charge is 2.39. The van der Waals surface area contributed by atoms with E-state index in [4.69, 9.17) is 4.74 Å². The Hall–Kier alpha value is -4.93. The third kappa shape index (κ3) is 5.50. The van der Waals surface area contributed by atoms with Gasteiger partial charge in [-0.15, -0.1) is 0 Å². The summed E-state index contributed by atoms with van der Waals surface area (Å²) in [5.41, 5.74) is 2.50. The largest absolute Gasteiger partial charge is 0.478 e. The summed E-state index contributed by atoms with van der Waals surface area (Å²) in [5.74, 6) is -3.85. The number of pyridine rings is 1. The maximum Gasteiger partial charge on any atom is 0.450 e. The number of fused-ring (bicyclic) bond motifs is 1. The molecule has 5 rings (SSSR count). The predicted octanol–water partition coefficient (Wildman–Crippen LogP) is 5.92. The first-order chi connectivity index (χ1) is 20.1. The molecule has 0 saturated heterocycles. The Kier molecular flexibility index (Phi) is 7.84. The second-order valence-electron chi connectivity index (χ2n) is 9.74. The van der Waals surface area contributed by atoms with Crippen molar-refractivity contribution < 1.29 is 32.6 Å². The fourth-order valence-corrected chi connectivity index (χ4v) is 5.32. The van der Waals surface area contributed by atoms with E-state index in [1.807, 2.05) is 30.3 Å². The summed E-state index contributed by atoms with van der Waals surface area (Å²) in [6.07, 6.45) is -1.34. The highest BCUT2D eigenvalue weighted by molar-refractivity contribution is 6.03. The number of carbonyl (C=O) groups is 2. The zero-order chi connectivity index (χ0) is 30.0. The summed E-state index contributed by atoms with van der Waals surface area (Å²) in [4.78, 5) is 33.5. The van der Waals surface area contributed by atoms with Crippen LogP contribution in [0.2, 0.25) is 0 Å². The molecule has 0 aliphatic carbocycles. The number of carboxylic acid groups (broad SMARTS) is 1. The van der Waals surface area contributed by atoms with Crippen molar-refractivity contribution in [3.63, 3.8) is 0 Å². The molecule has 1 atom stereocenters. The van der Waals surface area contributed by atoms with E-state index in [0.29, 0.717) is 24.1 Å². The molecule has 2 N–H and O–H groups in total. The first-order valence-corrected chi connectivity index (χ1v) is 13.3. The van der Waals surface area contributed by atoms with E-state index in [9.17, 15) is 27.9 Å². The normalized spacial score (nSPS) is 15.6. The Balaban J connectivity index is 1.68. The molecular formula is C31H27F3N4O4. The molecule has 2 aromatic heterocycles. The average molecular weight is 577 g/mol. The van der Waals surface area contributed by atoms with Crippen LogP contribution in [0, 0.1) is 5.92 Å². The number of benzene rings is 2. The highest BCUT2D eigenvalue weighted by Crippen LogP contribution is 2.39. The molecule has 0 radical (unpaired) electrons. The van der Waals surface area contributed by atoms with E-state index in [2.05, 4.69) is 15.3 Å². The summed E-state index contributed by atoms with van der Waals surface area (Å²) in [6.45, 7) is 3.30. The number of nitrogens with one attached hydrogen (secondary N) is 1. The summed E-state index contributed by atoms with van der Waals surface area (Å²) < 4.78 is 48.6. The molecule has 0 fully saturated rings. The summed E-state index contributed by atoms with van der Waals surface area (Å²) in [5, 5.41) is 13.2. The molecule has 3 heterocycles. The number of aryl methyl sites for hydroxylation is 1. The topological polar surface area (TPSA) is 106 Å². The van der Waals surface area contributed by atoms with Crippen molar-refractivity contribution in [2.75, 3.05) is 6.61 Å². The van der Waals surface area contributed by atoms with Crippen molar-refractivity contribution in [3.8, 4) is 5.69 Å². The standard InChI is InChI=1S/C31H27F3N4O4/c1-3-42-29(41)26-22(13-12-19-8-5-4-6-9-19)25(28(39)40)18(2)36-27(26)20-10-7-11-21(16-20)38-24-14-15-35-17-23(24)37-30(38)31(32,33)34/h4-11,14-17,22,36H,3,12-13H2,1-2H3,(H,39,40). The van der Waals surface area contributed by atoms with Crippen LogP contribution < -0.4 is 5.32 Å². The van der Waals surface area contributed by atoms with Gasteiger partial charge in [-0.3, -0.25) is 9.55 Å². The zero-order valence-corrected chi connectivity index (χ0v) is 22.8. The van der Waals surface area contributed by atoms with Crippen LogP contribution in [0.15, 0.2) is 89.9 Å². The van der Waals surface area contributed by atoms with Crippen LogP contribution in [0.3, 0.4) is 0 Å². The average Bonchev–Trinajstić information content (AvgIpc) is 3.37. The number of alkyl halides is 3. The van der Waals surface area contributed by atoms with E-state index in [1.165, 1.54) is 30.6 Å². The minimum Gasteiger partial charge on any atom is -0.478 e. The molecule has 216 valence electrons. The van der Waals surface area contributed by atoms with Crippen LogP contribution in [-0.4, -0.2) is 38.2 Å². The third-order valence-corrected chi connectivity index (χ3v) is 7.08. The smallest absolute Gasteiger partial charge is 0.450 e. The predicted molar refractivity (Wildman–Crippen MR) is 149 cm³/mol. The molecular weight excluding hydrogens is 549 g/mol. The van der Waals surface area contributed by atoms with Gasteiger partial charge in [-0.1, -0.05) is 42.5 Å². The van der Waals surface area contributed by atoms with Crippen LogP contribution in [0.5, 0.6) is 0 Å². The van der Waals surface area contributed by atoms with Gasteiger partial charge in [0, 0.05) is 29.1 Å². The van der Waals surface area contributed by atoms with Crippen LogP contribution in [-0.2, 0) is 26.9 Å². The Morgan fingerprint density at radius 1 is 1.07 bits per heavy atom. The minimum atomic E-state index is -4.76. The lowest BCUT2D eigenvalue weighted by Crippen LogP contribution is -2.33. The monoisotopic (exact) mass is 576 g/mol. The van der Waals surface area contributed by atoms with Crippen LogP contribution in [0.25, 0.3) is 22.4 Å². The zero-order valence-electron chi connectivity index (χ0n) is 22.8. The van der Waals surface area contributed by atoms with E-state index >= 15 is 0 Å². The number of dihydropyridines is 1. The highest BCUT2D eigenvalue weighted by atomic mass is 19.4. The SMILES string of the molecule is CCOC(=O)C1=C(c2cccc(-n3c(C(F)(F)F)nc4cnccc43)c2)NC(C)=C(C(=O)O)C1CCc1ccccc1. The lowest BCUT2D eigenvalue weighted by atomic mass is 9.80. The first-order valence-electron chi connectivity index (χ1n) is 13.3. The Morgan fingerprint density at radius 3 is 2.52 bits per heavy atom. The van der Waals surface area contributed by atoms with Gasteiger partial charge in [-0.25, -0.2) is 14.6 Å². The fourth-order valence-electron chi connectivity index (χ4n) is 5.32. The molecule has 1 unspecified atom stereocenters. The number of halogens is 3. The van der Waals surface area contributed by atoms with Gasteiger partial charge in [0.2, 0.25) is 5.82 Å². The molecule has 1 aliphatic heterocycles. The quantitative estimate of drug-likeness (QED) is 0.251. The molecule has 11 heteroatoms. The van der Waals surface area contributed by atoms with Crippen LogP contribution in [0.4, 0.5) is 13.2 Å². The van der Waals surface area contributed by atoms with Gasteiger partial charge >= 0.3 is 18.1 Å². The second kappa shape index (κ2) is 11.5. The molecule has 2 aromatic carbocycles. The van der Waals surface area contributed by atoms with Gasteiger partial charge in [-0.2, -0.15) is 13.2 Å². The number of aliphatic carboxylic acids is 1. The number of nitrogens with zero attached hydrogens (tertiary/aromatic N) is 3. The molecule has 4 aromatic rings. The fraction of sp³-hybridized carbons (Fsp3) is 0.226. The number of carbonyl (C=O) groups excluding carboxylic acids is 1. The first kappa shape index (κ1) is 28.6. The summed E-state index contributed by atoms with van der Waals surface area (Å²) in [6, 6.07) is 17.1. The van der Waals surface area contributed by atoms with E-state index in [-0.39, 0.29) is 40.2 Å². The number of hydrogen-bond acceptors (Lipinski definition) is 6. The van der Waals surface area contributed by atoms with E-state index < -0.39 is 29.9 Å². The van der Waals surface area contributed by atoms with Crippen molar-refractivity contribution in [1.82, 2.24) is 19.9 Å². The number of rotatable bonds is 8. The van der Waals surface area contributed by atoms with Crippen molar-refractivity contribution in [2.24, 2.45) is 5.92 Å².